The maximum atomic E-state index is 13.4. The third kappa shape index (κ3) is 4.85. The zero-order chi connectivity index (χ0) is 19.2. The molecule has 3 rings (SSSR count). The van der Waals surface area contributed by atoms with Gasteiger partial charge in [0.1, 0.15) is 11.6 Å². The van der Waals surface area contributed by atoms with E-state index in [4.69, 9.17) is 4.74 Å². The molecule has 9 heteroatoms. The van der Waals surface area contributed by atoms with E-state index in [0.29, 0.717) is 30.4 Å². The Bertz CT molecular complexity index is 943. The number of carbonyl (C=O) groups excluding carboxylic acids is 1. The van der Waals surface area contributed by atoms with E-state index in [1.54, 1.807) is 43.1 Å². The molecule has 0 spiro atoms. The number of aryl methyl sites for hydroxylation is 1. The van der Waals surface area contributed by atoms with Crippen LogP contribution in [0.15, 0.2) is 42.7 Å². The summed E-state index contributed by atoms with van der Waals surface area (Å²) in [7, 11) is 1.61. The smallest absolute Gasteiger partial charge is 0.277 e. The van der Waals surface area contributed by atoms with E-state index in [-0.39, 0.29) is 11.5 Å². The molecule has 0 radical (unpaired) electrons. The lowest BCUT2D eigenvalue weighted by molar-refractivity contribution is 0.102. The molecule has 0 fully saturated rings. The fraction of sp³-hybridized carbons (Fsp3) is 0.222. The first kappa shape index (κ1) is 18.5. The third-order valence-electron chi connectivity index (χ3n) is 3.64. The summed E-state index contributed by atoms with van der Waals surface area (Å²) < 4.78 is 20.0. The standard InChI is InChI=1S/C18H19FN6O2/c1-12-3-4-14(22-16-11-13(19)5-7-20-16)17(21-12)18(26)23-15-6-8-25(24-15)9-10-27-2/h3-8,11H,9-10H2,1-2H3,(H,20,22)(H,23,24,26). The van der Waals surface area contributed by atoms with E-state index in [0.717, 1.165) is 0 Å². The number of carbonyl (C=O) groups is 1. The van der Waals surface area contributed by atoms with E-state index in [9.17, 15) is 9.18 Å². The van der Waals surface area contributed by atoms with Crippen LogP contribution in [-0.2, 0) is 11.3 Å². The average Bonchev–Trinajstić information content (AvgIpc) is 3.08. The number of hydrogen-bond donors (Lipinski definition) is 2. The SMILES string of the molecule is COCCn1ccc(NC(=O)c2nc(C)ccc2Nc2cc(F)ccn2)n1. The number of rotatable bonds is 7. The van der Waals surface area contributed by atoms with Gasteiger partial charge in [0.15, 0.2) is 11.5 Å². The minimum atomic E-state index is -0.436. The summed E-state index contributed by atoms with van der Waals surface area (Å²) in [6.07, 6.45) is 3.08. The number of nitrogens with one attached hydrogen (secondary N) is 2. The van der Waals surface area contributed by atoms with Crippen LogP contribution in [0.4, 0.5) is 21.7 Å². The molecule has 0 atom stereocenters. The van der Waals surface area contributed by atoms with Crippen LogP contribution in [0.25, 0.3) is 0 Å². The molecule has 1 amide bonds. The second kappa shape index (κ2) is 8.37. The number of amides is 1. The van der Waals surface area contributed by atoms with Gasteiger partial charge in [-0.3, -0.25) is 9.48 Å². The fourth-order valence-corrected chi connectivity index (χ4v) is 2.35. The maximum absolute atomic E-state index is 13.4. The molecular formula is C18H19FN6O2. The predicted octanol–water partition coefficient (Wildman–Crippen LogP) is 2.76. The molecule has 3 heterocycles. The molecule has 0 saturated carbocycles. The van der Waals surface area contributed by atoms with E-state index >= 15 is 0 Å². The van der Waals surface area contributed by atoms with Crippen LogP contribution in [-0.4, -0.2) is 39.4 Å². The van der Waals surface area contributed by atoms with Gasteiger partial charge < -0.3 is 15.4 Å². The summed E-state index contributed by atoms with van der Waals surface area (Å²) >= 11 is 0. The molecule has 3 aromatic rings. The average molecular weight is 370 g/mol. The summed E-state index contributed by atoms with van der Waals surface area (Å²) in [5, 5.41) is 9.89. The lowest BCUT2D eigenvalue weighted by Crippen LogP contribution is -2.17. The minimum Gasteiger partial charge on any atom is -0.383 e. The van der Waals surface area contributed by atoms with Gasteiger partial charge in [0.2, 0.25) is 0 Å². The van der Waals surface area contributed by atoms with Gasteiger partial charge in [0.25, 0.3) is 5.91 Å². The molecular weight excluding hydrogens is 351 g/mol. The zero-order valence-corrected chi connectivity index (χ0v) is 14.9. The van der Waals surface area contributed by atoms with Crippen molar-refractivity contribution in [1.29, 1.82) is 0 Å². The molecule has 8 nitrogen and oxygen atoms in total. The summed E-state index contributed by atoms with van der Waals surface area (Å²) in [6, 6.07) is 7.61. The molecule has 0 bridgehead atoms. The number of pyridine rings is 2. The highest BCUT2D eigenvalue weighted by Crippen LogP contribution is 2.20. The normalized spacial score (nSPS) is 10.6. The van der Waals surface area contributed by atoms with E-state index < -0.39 is 11.7 Å². The molecule has 0 aromatic carbocycles. The number of methoxy groups -OCH3 is 1. The van der Waals surface area contributed by atoms with Gasteiger partial charge in [-0.25, -0.2) is 14.4 Å². The Labute approximate surface area is 155 Å². The van der Waals surface area contributed by atoms with Gasteiger partial charge in [-0.2, -0.15) is 5.10 Å². The van der Waals surface area contributed by atoms with Crippen molar-refractivity contribution in [1.82, 2.24) is 19.7 Å². The number of halogens is 1. The number of ether oxygens (including phenoxy) is 1. The molecule has 2 N–H and O–H groups in total. The Hall–Kier alpha value is -3.33. The highest BCUT2D eigenvalue weighted by atomic mass is 19.1. The number of nitrogens with zero attached hydrogens (tertiary/aromatic N) is 4. The first-order chi connectivity index (χ1) is 13.0. The maximum Gasteiger partial charge on any atom is 0.277 e. The molecule has 0 saturated heterocycles. The molecule has 0 aliphatic rings. The van der Waals surface area contributed by atoms with Crippen molar-refractivity contribution in [2.24, 2.45) is 0 Å². The number of aromatic nitrogens is 4. The van der Waals surface area contributed by atoms with E-state index in [2.05, 4.69) is 25.7 Å². The van der Waals surface area contributed by atoms with Crippen LogP contribution in [0.2, 0.25) is 0 Å². The molecule has 27 heavy (non-hydrogen) atoms. The van der Waals surface area contributed by atoms with Crippen molar-refractivity contribution in [2.75, 3.05) is 24.4 Å². The molecule has 140 valence electrons. The van der Waals surface area contributed by atoms with Crippen LogP contribution >= 0.6 is 0 Å². The Kier molecular flexibility index (Phi) is 5.72. The van der Waals surface area contributed by atoms with Crippen molar-refractivity contribution in [3.8, 4) is 0 Å². The van der Waals surface area contributed by atoms with Gasteiger partial charge in [-0.15, -0.1) is 0 Å². The van der Waals surface area contributed by atoms with E-state index in [1.165, 1.54) is 18.3 Å². The second-order valence-corrected chi connectivity index (χ2v) is 5.74. The van der Waals surface area contributed by atoms with Crippen LogP contribution in [0.3, 0.4) is 0 Å². The fourth-order valence-electron chi connectivity index (χ4n) is 2.35. The monoisotopic (exact) mass is 370 g/mol. The van der Waals surface area contributed by atoms with Crippen molar-refractivity contribution in [2.45, 2.75) is 13.5 Å². The highest BCUT2D eigenvalue weighted by molar-refractivity contribution is 6.06. The Morgan fingerprint density at radius 2 is 2.11 bits per heavy atom. The lowest BCUT2D eigenvalue weighted by atomic mass is 10.2. The molecule has 0 unspecified atom stereocenters. The zero-order valence-electron chi connectivity index (χ0n) is 14.9. The quantitative estimate of drug-likeness (QED) is 0.664. The van der Waals surface area contributed by atoms with Crippen LogP contribution < -0.4 is 10.6 Å². The Balaban J connectivity index is 1.79. The molecule has 0 aliphatic carbocycles. The Morgan fingerprint density at radius 1 is 1.26 bits per heavy atom. The largest absolute Gasteiger partial charge is 0.383 e. The summed E-state index contributed by atoms with van der Waals surface area (Å²) in [6.45, 7) is 2.87. The van der Waals surface area contributed by atoms with Gasteiger partial charge in [0.05, 0.1) is 18.8 Å². The van der Waals surface area contributed by atoms with Gasteiger partial charge in [-0.1, -0.05) is 0 Å². The van der Waals surface area contributed by atoms with E-state index in [1.807, 2.05) is 0 Å². The van der Waals surface area contributed by atoms with Crippen molar-refractivity contribution in [3.05, 3.63) is 59.9 Å². The van der Waals surface area contributed by atoms with Crippen LogP contribution in [0.5, 0.6) is 0 Å². The third-order valence-corrected chi connectivity index (χ3v) is 3.64. The van der Waals surface area contributed by atoms with Crippen LogP contribution in [0, 0.1) is 12.7 Å². The summed E-state index contributed by atoms with van der Waals surface area (Å²) in [4.78, 5) is 21.0. The first-order valence-corrected chi connectivity index (χ1v) is 8.25. The van der Waals surface area contributed by atoms with Crippen molar-refractivity contribution in [3.63, 3.8) is 0 Å². The first-order valence-electron chi connectivity index (χ1n) is 8.25. The summed E-state index contributed by atoms with van der Waals surface area (Å²) in [5.74, 6) is -0.192. The Morgan fingerprint density at radius 3 is 2.89 bits per heavy atom. The van der Waals surface area contributed by atoms with Crippen molar-refractivity contribution < 1.29 is 13.9 Å². The lowest BCUT2D eigenvalue weighted by Gasteiger charge is -2.11. The molecule has 0 aliphatic heterocycles. The van der Waals surface area contributed by atoms with Gasteiger partial charge >= 0.3 is 0 Å². The number of anilines is 3. The predicted molar refractivity (Wildman–Crippen MR) is 98.5 cm³/mol. The molecule has 3 aromatic heterocycles. The summed E-state index contributed by atoms with van der Waals surface area (Å²) in [5.41, 5.74) is 1.24. The van der Waals surface area contributed by atoms with Gasteiger partial charge in [0, 0.05) is 37.3 Å². The van der Waals surface area contributed by atoms with Crippen molar-refractivity contribution >= 4 is 23.2 Å². The second-order valence-electron chi connectivity index (χ2n) is 5.74. The topological polar surface area (TPSA) is 94.0 Å². The minimum absolute atomic E-state index is 0.160. The van der Waals surface area contributed by atoms with Gasteiger partial charge in [-0.05, 0) is 25.1 Å². The van der Waals surface area contributed by atoms with Crippen LogP contribution in [0.1, 0.15) is 16.2 Å². The highest BCUT2D eigenvalue weighted by Gasteiger charge is 2.16. The number of hydrogen-bond acceptors (Lipinski definition) is 6.